The molecule has 0 spiro atoms. The van der Waals surface area contributed by atoms with Crippen LogP contribution in [0.15, 0.2) is 30.0 Å². The van der Waals surface area contributed by atoms with Crippen LogP contribution < -0.4 is 10.1 Å². The van der Waals surface area contributed by atoms with Crippen LogP contribution in [0.4, 0.5) is 5.69 Å². The molecule has 0 atom stereocenters. The van der Waals surface area contributed by atoms with E-state index in [-0.39, 0.29) is 24.4 Å². The summed E-state index contributed by atoms with van der Waals surface area (Å²) in [6, 6.07) is 6.84. The zero-order valence-corrected chi connectivity index (χ0v) is 11.3. The molecule has 0 aliphatic carbocycles. The number of amides is 2. The van der Waals surface area contributed by atoms with Crippen LogP contribution in [0.3, 0.4) is 0 Å². The Balaban J connectivity index is 2.32. The van der Waals surface area contributed by atoms with Crippen LogP contribution in [0.2, 0.25) is 0 Å². The van der Waals surface area contributed by atoms with Crippen molar-refractivity contribution in [3.8, 4) is 11.8 Å². The molecule has 0 radical (unpaired) electrons. The van der Waals surface area contributed by atoms with E-state index in [9.17, 15) is 9.59 Å². The first-order valence-electron chi connectivity index (χ1n) is 6.15. The highest BCUT2D eigenvalue weighted by atomic mass is 16.5. The van der Waals surface area contributed by atoms with Crippen LogP contribution in [0.1, 0.15) is 5.56 Å². The molecule has 0 fully saturated rings. The third-order valence-electron chi connectivity index (χ3n) is 2.96. The second-order valence-electron chi connectivity index (χ2n) is 4.20. The lowest BCUT2D eigenvalue weighted by Gasteiger charge is -2.15. The summed E-state index contributed by atoms with van der Waals surface area (Å²) >= 11 is 0. The van der Waals surface area contributed by atoms with Gasteiger partial charge in [0.15, 0.2) is 0 Å². The van der Waals surface area contributed by atoms with E-state index in [4.69, 9.17) is 15.1 Å². The number of hydrogen-bond donors (Lipinski definition) is 2. The molecule has 7 heteroatoms. The fourth-order valence-corrected chi connectivity index (χ4v) is 1.97. The van der Waals surface area contributed by atoms with E-state index in [1.54, 1.807) is 18.2 Å². The summed E-state index contributed by atoms with van der Waals surface area (Å²) in [5.74, 6) is -0.676. The first kappa shape index (κ1) is 14.6. The molecular weight excluding hydrogens is 274 g/mol. The van der Waals surface area contributed by atoms with E-state index >= 15 is 0 Å². The minimum atomic E-state index is -0.552. The van der Waals surface area contributed by atoms with Crippen molar-refractivity contribution in [2.24, 2.45) is 0 Å². The zero-order valence-electron chi connectivity index (χ0n) is 11.3. The highest BCUT2D eigenvalue weighted by Crippen LogP contribution is 2.30. The molecule has 7 nitrogen and oxygen atoms in total. The van der Waals surface area contributed by atoms with Crippen LogP contribution >= 0.6 is 0 Å². The Hall–Kier alpha value is -2.85. The summed E-state index contributed by atoms with van der Waals surface area (Å²) in [5.41, 5.74) is 0.645. The number of nitrogens with zero attached hydrogens (tertiary/aromatic N) is 2. The molecule has 1 aromatic rings. The van der Waals surface area contributed by atoms with Crippen molar-refractivity contribution in [3.63, 3.8) is 0 Å². The average molecular weight is 287 g/mol. The molecule has 1 heterocycles. The summed E-state index contributed by atoms with van der Waals surface area (Å²) in [6.45, 7) is -0.382. The molecule has 2 rings (SSSR count). The van der Waals surface area contributed by atoms with E-state index in [1.807, 2.05) is 6.07 Å². The predicted molar refractivity (Wildman–Crippen MR) is 73.2 cm³/mol. The molecule has 0 saturated heterocycles. The fraction of sp³-hybridized carbons (Fsp3) is 0.214. The van der Waals surface area contributed by atoms with Gasteiger partial charge in [-0.15, -0.1) is 0 Å². The van der Waals surface area contributed by atoms with Gasteiger partial charge in [-0.2, -0.15) is 5.26 Å². The van der Waals surface area contributed by atoms with Gasteiger partial charge in [0.2, 0.25) is 0 Å². The Kier molecular flexibility index (Phi) is 4.21. The second kappa shape index (κ2) is 6.07. The molecule has 0 unspecified atom stereocenters. The number of aliphatic hydroxyl groups is 1. The van der Waals surface area contributed by atoms with Gasteiger partial charge in [0.25, 0.3) is 11.8 Å². The van der Waals surface area contributed by atoms with Gasteiger partial charge in [0.1, 0.15) is 17.5 Å². The number of nitriles is 1. The Morgan fingerprint density at radius 2 is 2.19 bits per heavy atom. The highest BCUT2D eigenvalue weighted by molar-refractivity contribution is 6.17. The second-order valence-corrected chi connectivity index (χ2v) is 4.20. The third kappa shape index (κ3) is 2.70. The number of carbonyl (C=O) groups excluding carboxylic acids is 2. The molecule has 2 N–H and O–H groups in total. The number of nitrogens with one attached hydrogen (secondary N) is 1. The van der Waals surface area contributed by atoms with Crippen molar-refractivity contribution in [2.45, 2.75) is 0 Å². The predicted octanol–water partition coefficient (Wildman–Crippen LogP) is 0.224. The topological polar surface area (TPSA) is 103 Å². The minimum absolute atomic E-state index is 0.0365. The Labute approximate surface area is 121 Å². The van der Waals surface area contributed by atoms with E-state index in [2.05, 4.69) is 5.32 Å². The lowest BCUT2D eigenvalue weighted by Crippen LogP contribution is -2.34. The van der Waals surface area contributed by atoms with E-state index < -0.39 is 11.8 Å². The summed E-state index contributed by atoms with van der Waals surface area (Å²) in [6.07, 6.45) is 1.13. The quantitative estimate of drug-likeness (QED) is 0.751. The summed E-state index contributed by atoms with van der Waals surface area (Å²) in [5, 5.41) is 20.7. The van der Waals surface area contributed by atoms with Gasteiger partial charge in [0, 0.05) is 6.08 Å². The largest absolute Gasteiger partial charge is 0.495 e. The smallest absolute Gasteiger partial charge is 0.277 e. The average Bonchev–Trinajstić information content (AvgIpc) is 2.75. The van der Waals surface area contributed by atoms with Gasteiger partial charge in [0.05, 0.1) is 31.5 Å². The maximum absolute atomic E-state index is 12.0. The van der Waals surface area contributed by atoms with Crippen LogP contribution in [0, 0.1) is 11.3 Å². The maximum Gasteiger partial charge on any atom is 0.277 e. The van der Waals surface area contributed by atoms with Gasteiger partial charge >= 0.3 is 0 Å². The van der Waals surface area contributed by atoms with Crippen molar-refractivity contribution in [3.05, 3.63) is 35.5 Å². The molecule has 0 bridgehead atoms. The number of β-amino-alcohol motifs (C(OH)–C–C–N with tert-alkyl or cyclic N) is 1. The highest BCUT2D eigenvalue weighted by Gasteiger charge is 2.31. The van der Waals surface area contributed by atoms with Gasteiger partial charge < -0.3 is 15.2 Å². The first-order valence-corrected chi connectivity index (χ1v) is 6.15. The van der Waals surface area contributed by atoms with E-state index in [0.29, 0.717) is 11.4 Å². The fourth-order valence-electron chi connectivity index (χ4n) is 1.97. The van der Waals surface area contributed by atoms with Gasteiger partial charge in [-0.05, 0) is 12.1 Å². The van der Waals surface area contributed by atoms with Crippen molar-refractivity contribution < 1.29 is 19.4 Å². The first-order chi connectivity index (χ1) is 10.1. The molecule has 0 aromatic heterocycles. The van der Waals surface area contributed by atoms with E-state index in [0.717, 1.165) is 11.0 Å². The van der Waals surface area contributed by atoms with Crippen LogP contribution in [0.5, 0.6) is 5.75 Å². The lowest BCUT2D eigenvalue weighted by atomic mass is 10.1. The van der Waals surface area contributed by atoms with Crippen LogP contribution in [-0.2, 0) is 9.59 Å². The Morgan fingerprint density at radius 1 is 1.43 bits per heavy atom. The van der Waals surface area contributed by atoms with Gasteiger partial charge in [-0.25, -0.2) is 0 Å². The zero-order chi connectivity index (χ0) is 15.4. The normalized spacial score (nSPS) is 14.0. The number of para-hydroxylation sites is 1. The lowest BCUT2D eigenvalue weighted by molar-refractivity contribution is -0.137. The number of aliphatic hydroxyl groups excluding tert-OH is 1. The standard InChI is InChI=1S/C14H13N3O4/c1-21-11-4-2-3-9(8-15)13(11)16-10-7-12(19)17(5-6-18)14(10)20/h2-4,7,16,18H,5-6H2,1H3. The molecular formula is C14H13N3O4. The molecule has 0 saturated carbocycles. The molecule has 1 aromatic carbocycles. The maximum atomic E-state index is 12.0. The number of anilines is 1. The van der Waals surface area contributed by atoms with Crippen LogP contribution in [-0.4, -0.2) is 42.1 Å². The third-order valence-corrected chi connectivity index (χ3v) is 2.96. The Bertz CT molecular complexity index is 661. The molecule has 1 aliphatic heterocycles. The summed E-state index contributed by atoms with van der Waals surface area (Å²) in [4.78, 5) is 24.6. The van der Waals surface area contributed by atoms with Crippen molar-refractivity contribution >= 4 is 17.5 Å². The number of imide groups is 1. The molecule has 2 amide bonds. The van der Waals surface area contributed by atoms with Gasteiger partial charge in [-0.1, -0.05) is 6.07 Å². The summed E-state index contributed by atoms with van der Waals surface area (Å²) < 4.78 is 5.14. The minimum Gasteiger partial charge on any atom is -0.495 e. The van der Waals surface area contributed by atoms with Crippen molar-refractivity contribution in [1.29, 1.82) is 5.26 Å². The molecule has 108 valence electrons. The van der Waals surface area contributed by atoms with Gasteiger partial charge in [-0.3, -0.25) is 14.5 Å². The van der Waals surface area contributed by atoms with E-state index in [1.165, 1.54) is 7.11 Å². The number of benzene rings is 1. The van der Waals surface area contributed by atoms with Crippen molar-refractivity contribution in [2.75, 3.05) is 25.6 Å². The number of hydrogen-bond acceptors (Lipinski definition) is 6. The van der Waals surface area contributed by atoms with Crippen molar-refractivity contribution in [1.82, 2.24) is 4.90 Å². The number of methoxy groups -OCH3 is 1. The van der Waals surface area contributed by atoms with Crippen LogP contribution in [0.25, 0.3) is 0 Å². The number of rotatable bonds is 5. The summed E-state index contributed by atoms with van der Waals surface area (Å²) in [7, 11) is 1.44. The number of ether oxygens (including phenoxy) is 1. The number of carbonyl (C=O) groups is 2. The Morgan fingerprint density at radius 3 is 2.81 bits per heavy atom. The molecule has 21 heavy (non-hydrogen) atoms. The molecule has 1 aliphatic rings. The monoisotopic (exact) mass is 287 g/mol. The SMILES string of the molecule is COc1cccc(C#N)c1NC1=CC(=O)N(CCO)C1=O.